The van der Waals surface area contributed by atoms with E-state index in [1.54, 1.807) is 0 Å². The molecule has 1 aliphatic heterocycles. The first-order chi connectivity index (χ1) is 9.60. The molecule has 3 rings (SSSR count). The Morgan fingerprint density at radius 1 is 1.50 bits per heavy atom. The fraction of sp³-hybridized carbons (Fsp3) is 0.533. The molecule has 0 aliphatic carbocycles. The summed E-state index contributed by atoms with van der Waals surface area (Å²) in [6.45, 7) is 3.72. The van der Waals surface area contributed by atoms with E-state index in [2.05, 4.69) is 20.9 Å². The lowest BCUT2D eigenvalue weighted by molar-refractivity contribution is -0.0264. The van der Waals surface area contributed by atoms with Crippen molar-refractivity contribution >= 4 is 11.0 Å². The van der Waals surface area contributed by atoms with Gasteiger partial charge in [0, 0.05) is 26.6 Å². The van der Waals surface area contributed by atoms with Gasteiger partial charge in [0.1, 0.15) is 11.4 Å². The molecule has 1 aromatic carbocycles. The van der Waals surface area contributed by atoms with E-state index in [9.17, 15) is 5.11 Å². The van der Waals surface area contributed by atoms with Gasteiger partial charge in [0.2, 0.25) is 0 Å². The molecule has 0 saturated carbocycles. The van der Waals surface area contributed by atoms with E-state index >= 15 is 0 Å². The monoisotopic (exact) mass is 275 g/mol. The maximum absolute atomic E-state index is 10.4. The number of aliphatic hydroxyl groups is 1. The number of aromatic nitrogens is 2. The summed E-state index contributed by atoms with van der Waals surface area (Å²) in [5.41, 5.74) is 1.37. The van der Waals surface area contributed by atoms with Crippen molar-refractivity contribution in [3.05, 3.63) is 30.1 Å². The van der Waals surface area contributed by atoms with Crippen LogP contribution in [-0.2, 0) is 18.3 Å². The highest BCUT2D eigenvalue weighted by atomic mass is 16.5. The van der Waals surface area contributed by atoms with Crippen molar-refractivity contribution in [2.24, 2.45) is 7.05 Å². The minimum absolute atomic E-state index is 0.115. The molecular weight excluding hydrogens is 254 g/mol. The maximum atomic E-state index is 10.4. The Labute approximate surface area is 118 Å². The molecule has 1 aliphatic rings. The number of aryl methyl sites for hydroxylation is 1. The number of para-hydroxylation sites is 2. The number of benzene rings is 1. The zero-order chi connectivity index (χ0) is 14.2. The first-order valence-corrected chi connectivity index (χ1v) is 7.05. The molecule has 5 heteroatoms. The maximum Gasteiger partial charge on any atom is 0.123 e. The molecule has 1 aromatic heterocycles. The van der Waals surface area contributed by atoms with Crippen LogP contribution in [-0.4, -0.2) is 39.5 Å². The van der Waals surface area contributed by atoms with E-state index in [0.717, 1.165) is 16.9 Å². The third kappa shape index (κ3) is 2.32. The lowest BCUT2D eigenvalue weighted by Crippen LogP contribution is -2.45. The molecular formula is C15H21N3O2. The fourth-order valence-corrected chi connectivity index (χ4v) is 2.75. The number of imidazole rings is 1. The molecule has 1 fully saturated rings. The molecule has 0 spiro atoms. The van der Waals surface area contributed by atoms with Gasteiger partial charge in [-0.25, -0.2) is 4.98 Å². The number of rotatable bonds is 4. The summed E-state index contributed by atoms with van der Waals surface area (Å²) in [4.78, 5) is 4.61. The smallest absolute Gasteiger partial charge is 0.123 e. The molecule has 2 atom stereocenters. The second-order valence-corrected chi connectivity index (χ2v) is 5.55. The van der Waals surface area contributed by atoms with Crippen LogP contribution in [0.2, 0.25) is 0 Å². The molecule has 108 valence electrons. The van der Waals surface area contributed by atoms with Crippen molar-refractivity contribution in [3.8, 4) is 0 Å². The Morgan fingerprint density at radius 3 is 3.00 bits per heavy atom. The van der Waals surface area contributed by atoms with Crippen molar-refractivity contribution in [2.45, 2.75) is 31.6 Å². The van der Waals surface area contributed by atoms with Crippen molar-refractivity contribution < 1.29 is 9.84 Å². The van der Waals surface area contributed by atoms with Gasteiger partial charge in [0.25, 0.3) is 0 Å². The van der Waals surface area contributed by atoms with Crippen molar-refractivity contribution in [1.82, 2.24) is 14.9 Å². The highest BCUT2D eigenvalue weighted by Crippen LogP contribution is 2.24. The van der Waals surface area contributed by atoms with E-state index < -0.39 is 5.60 Å². The molecule has 2 heterocycles. The van der Waals surface area contributed by atoms with Crippen LogP contribution in [0.15, 0.2) is 24.3 Å². The molecule has 2 aromatic rings. The van der Waals surface area contributed by atoms with Gasteiger partial charge in [-0.1, -0.05) is 12.1 Å². The Hall–Kier alpha value is -1.43. The van der Waals surface area contributed by atoms with Gasteiger partial charge in [0.15, 0.2) is 0 Å². The molecule has 0 amide bonds. The highest BCUT2D eigenvalue weighted by molar-refractivity contribution is 5.75. The van der Waals surface area contributed by atoms with Gasteiger partial charge in [-0.2, -0.15) is 0 Å². The van der Waals surface area contributed by atoms with Gasteiger partial charge in [-0.05, 0) is 19.1 Å². The molecule has 2 N–H and O–H groups in total. The third-order valence-corrected chi connectivity index (χ3v) is 4.25. The molecule has 20 heavy (non-hydrogen) atoms. The summed E-state index contributed by atoms with van der Waals surface area (Å²) in [5.74, 6) is 0.973. The second kappa shape index (κ2) is 5.16. The highest BCUT2D eigenvalue weighted by Gasteiger charge is 2.39. The number of nitrogens with one attached hydrogen (secondary N) is 1. The molecule has 0 radical (unpaired) electrons. The summed E-state index contributed by atoms with van der Waals surface area (Å²) in [6, 6.07) is 8.08. The Morgan fingerprint density at radius 2 is 2.30 bits per heavy atom. The largest absolute Gasteiger partial charge is 0.386 e. The van der Waals surface area contributed by atoms with E-state index in [1.165, 1.54) is 0 Å². The van der Waals surface area contributed by atoms with E-state index in [-0.39, 0.29) is 6.10 Å². The van der Waals surface area contributed by atoms with E-state index in [1.807, 2.05) is 32.2 Å². The molecule has 0 bridgehead atoms. The summed E-state index contributed by atoms with van der Waals surface area (Å²) < 4.78 is 7.52. The number of ether oxygens (including phenoxy) is 1. The topological polar surface area (TPSA) is 59.3 Å². The number of nitrogens with zero attached hydrogens (tertiary/aromatic N) is 2. The summed E-state index contributed by atoms with van der Waals surface area (Å²) in [6.07, 6.45) is 0.569. The van der Waals surface area contributed by atoms with Crippen LogP contribution >= 0.6 is 0 Å². The SMILES string of the molecule is CC1OCCC1(O)CNCc1nc2ccccc2n1C. The number of hydrogen-bond donors (Lipinski definition) is 2. The van der Waals surface area contributed by atoms with Crippen molar-refractivity contribution in [3.63, 3.8) is 0 Å². The zero-order valence-corrected chi connectivity index (χ0v) is 12.0. The predicted molar refractivity (Wildman–Crippen MR) is 77.4 cm³/mol. The minimum Gasteiger partial charge on any atom is -0.386 e. The number of fused-ring (bicyclic) bond motifs is 1. The van der Waals surface area contributed by atoms with Gasteiger partial charge >= 0.3 is 0 Å². The van der Waals surface area contributed by atoms with Crippen LogP contribution in [0.5, 0.6) is 0 Å². The van der Waals surface area contributed by atoms with Crippen molar-refractivity contribution in [1.29, 1.82) is 0 Å². The summed E-state index contributed by atoms with van der Waals surface area (Å²) in [5, 5.41) is 13.7. The average molecular weight is 275 g/mol. The van der Waals surface area contributed by atoms with Crippen LogP contribution in [0.25, 0.3) is 11.0 Å². The van der Waals surface area contributed by atoms with Gasteiger partial charge < -0.3 is 19.7 Å². The Kier molecular flexibility index (Phi) is 3.50. The first-order valence-electron chi connectivity index (χ1n) is 7.05. The summed E-state index contributed by atoms with van der Waals surface area (Å²) in [7, 11) is 2.02. The second-order valence-electron chi connectivity index (χ2n) is 5.55. The lowest BCUT2D eigenvalue weighted by atomic mass is 9.97. The quantitative estimate of drug-likeness (QED) is 0.880. The van der Waals surface area contributed by atoms with Crippen LogP contribution in [0.1, 0.15) is 19.2 Å². The zero-order valence-electron chi connectivity index (χ0n) is 12.0. The Bertz CT molecular complexity index is 610. The Balaban J connectivity index is 1.67. The van der Waals surface area contributed by atoms with Gasteiger partial charge in [0.05, 0.1) is 23.7 Å². The van der Waals surface area contributed by atoms with Gasteiger partial charge in [-0.15, -0.1) is 0 Å². The number of hydrogen-bond acceptors (Lipinski definition) is 4. The predicted octanol–water partition coefficient (Wildman–Crippen LogP) is 1.20. The van der Waals surface area contributed by atoms with E-state index in [4.69, 9.17) is 4.74 Å². The fourth-order valence-electron chi connectivity index (χ4n) is 2.75. The molecule has 2 unspecified atom stereocenters. The van der Waals surface area contributed by atoms with Crippen LogP contribution in [0.4, 0.5) is 0 Å². The van der Waals surface area contributed by atoms with E-state index in [0.29, 0.717) is 26.1 Å². The summed E-state index contributed by atoms with van der Waals surface area (Å²) >= 11 is 0. The van der Waals surface area contributed by atoms with Crippen LogP contribution in [0, 0.1) is 0 Å². The normalized spacial score (nSPS) is 26.4. The lowest BCUT2D eigenvalue weighted by Gasteiger charge is -2.26. The molecule has 1 saturated heterocycles. The average Bonchev–Trinajstić information content (AvgIpc) is 2.93. The van der Waals surface area contributed by atoms with Crippen LogP contribution < -0.4 is 5.32 Å². The van der Waals surface area contributed by atoms with Crippen LogP contribution in [0.3, 0.4) is 0 Å². The van der Waals surface area contributed by atoms with Gasteiger partial charge in [-0.3, -0.25) is 0 Å². The minimum atomic E-state index is -0.759. The van der Waals surface area contributed by atoms with Crippen molar-refractivity contribution in [2.75, 3.05) is 13.2 Å². The third-order valence-electron chi connectivity index (χ3n) is 4.25. The first kappa shape index (κ1) is 13.5. The standard InChI is InChI=1S/C15H21N3O2/c1-11-15(19,7-8-20-11)10-16-9-14-17-12-5-3-4-6-13(12)18(14)2/h3-6,11,16,19H,7-10H2,1-2H3. The molecule has 5 nitrogen and oxygen atoms in total.